The topological polar surface area (TPSA) is 140 Å². The average molecular weight is 479 g/mol. The van der Waals surface area contributed by atoms with Gasteiger partial charge in [0.05, 0.1) is 10.5 Å². The first kappa shape index (κ1) is 23.6. The molecule has 1 amide bonds. The Morgan fingerprint density at radius 2 is 1.94 bits per heavy atom. The Morgan fingerprint density at radius 1 is 1.12 bits per heavy atom. The van der Waals surface area contributed by atoms with Crippen LogP contribution >= 0.6 is 11.6 Å². The number of hydrogen-bond donors (Lipinski definition) is 3. The number of rotatable bonds is 6. The van der Waals surface area contributed by atoms with Crippen LogP contribution in [-0.4, -0.2) is 39.3 Å². The number of ether oxygens (including phenoxy) is 1. The van der Waals surface area contributed by atoms with Crippen LogP contribution < -0.4 is 15.8 Å². The molecule has 0 unspecified atom stereocenters. The van der Waals surface area contributed by atoms with Crippen molar-refractivity contribution in [3.63, 3.8) is 0 Å². The van der Waals surface area contributed by atoms with Gasteiger partial charge in [-0.05, 0) is 49.2 Å². The normalized spacial score (nSPS) is 14.1. The number of amidine groups is 1. The molecule has 32 heavy (non-hydrogen) atoms. The van der Waals surface area contributed by atoms with Gasteiger partial charge < -0.3 is 15.8 Å². The minimum absolute atomic E-state index is 0.0202. The van der Waals surface area contributed by atoms with Gasteiger partial charge in [0.15, 0.2) is 6.61 Å². The number of amides is 1. The van der Waals surface area contributed by atoms with Crippen LogP contribution in [0.5, 0.6) is 0 Å². The fraction of sp³-hybridized carbons (Fsp3) is 0.286. The highest BCUT2D eigenvalue weighted by Gasteiger charge is 2.18. The zero-order valence-corrected chi connectivity index (χ0v) is 18.7. The zero-order chi connectivity index (χ0) is 23.1. The molecule has 0 radical (unpaired) electrons. The summed E-state index contributed by atoms with van der Waals surface area (Å²) in [6.45, 7) is 0.0152. The largest absolute Gasteiger partial charge is 0.452 e. The summed E-state index contributed by atoms with van der Waals surface area (Å²) < 4.78 is 32.9. The van der Waals surface area contributed by atoms with Gasteiger partial charge in [0, 0.05) is 29.4 Å². The van der Waals surface area contributed by atoms with Crippen molar-refractivity contribution >= 4 is 50.7 Å². The summed E-state index contributed by atoms with van der Waals surface area (Å²) in [5.41, 5.74) is 6.18. The third-order valence-electron chi connectivity index (χ3n) is 4.62. The lowest BCUT2D eigenvalue weighted by atomic mass is 10.2. The smallest absolute Gasteiger partial charge is 0.340 e. The number of aliphatic imine (C=N–C) groups is 1. The number of halogens is 1. The summed E-state index contributed by atoms with van der Waals surface area (Å²) >= 11 is 5.80. The molecule has 0 aliphatic carbocycles. The van der Waals surface area contributed by atoms with E-state index in [0.29, 0.717) is 23.8 Å². The van der Waals surface area contributed by atoms with Crippen molar-refractivity contribution in [2.24, 2.45) is 4.99 Å². The second-order valence-corrected chi connectivity index (χ2v) is 9.25. The number of nitrogens with one attached hydrogen (secondary N) is 2. The van der Waals surface area contributed by atoms with Crippen molar-refractivity contribution in [1.82, 2.24) is 4.72 Å². The molecule has 0 spiro atoms. The van der Waals surface area contributed by atoms with Crippen LogP contribution in [0, 0.1) is 0 Å². The molecule has 1 aliphatic heterocycles. The van der Waals surface area contributed by atoms with Gasteiger partial charge in [-0.2, -0.15) is 0 Å². The predicted octanol–water partition coefficient (Wildman–Crippen LogP) is 2.97. The van der Waals surface area contributed by atoms with Gasteiger partial charge in [-0.3, -0.25) is 14.5 Å². The summed E-state index contributed by atoms with van der Waals surface area (Å²) in [7, 11) is -3.85. The number of esters is 1. The Hall–Kier alpha value is -3.11. The Bertz CT molecular complexity index is 1150. The lowest BCUT2D eigenvalue weighted by molar-refractivity contribution is -0.119. The molecule has 0 atom stereocenters. The molecule has 11 heteroatoms. The van der Waals surface area contributed by atoms with E-state index in [1.165, 1.54) is 42.5 Å². The molecule has 0 fully saturated rings. The number of nitrogens with zero attached hydrogens (tertiary/aromatic N) is 1. The maximum absolute atomic E-state index is 12.7. The lowest BCUT2D eigenvalue weighted by Gasteiger charge is -2.11. The highest BCUT2D eigenvalue weighted by molar-refractivity contribution is 7.90. The molecule has 0 saturated carbocycles. The molecule has 1 heterocycles. The monoisotopic (exact) mass is 478 g/mol. The zero-order valence-electron chi connectivity index (χ0n) is 17.1. The molecule has 0 saturated heterocycles. The Kier molecular flexibility index (Phi) is 7.70. The van der Waals surface area contributed by atoms with Gasteiger partial charge in [-0.25, -0.2) is 13.2 Å². The van der Waals surface area contributed by atoms with Crippen molar-refractivity contribution < 1.29 is 22.7 Å². The SMILES string of the molecule is Nc1cc(Cl)ccc1C(=O)OCC(=O)Nc1cccc(S(=O)(=O)NC2=NCCCCC2)c1. The molecule has 0 aromatic heterocycles. The molecule has 4 N–H and O–H groups in total. The standard InChI is InChI=1S/C21H23ClN4O5S/c22-14-8-9-17(18(23)11-14)21(28)31-13-20(27)25-15-5-4-6-16(12-15)32(29,30)26-19-7-2-1-3-10-24-19/h4-6,8-9,11-12H,1-3,7,10,13,23H2,(H,24,26)(H,25,27). The number of hydrogen-bond acceptors (Lipinski definition) is 7. The fourth-order valence-electron chi connectivity index (χ4n) is 3.04. The van der Waals surface area contributed by atoms with Crippen molar-refractivity contribution in [1.29, 1.82) is 0 Å². The number of anilines is 2. The van der Waals surface area contributed by atoms with E-state index in [1.807, 2.05) is 0 Å². The van der Waals surface area contributed by atoms with Crippen molar-refractivity contribution in [2.45, 2.75) is 30.6 Å². The highest BCUT2D eigenvalue weighted by atomic mass is 35.5. The quantitative estimate of drug-likeness (QED) is 0.430. The van der Waals surface area contributed by atoms with E-state index in [0.717, 1.165) is 19.3 Å². The number of nitrogens with two attached hydrogens (primary N) is 1. The van der Waals surface area contributed by atoms with E-state index < -0.39 is 28.5 Å². The lowest BCUT2D eigenvalue weighted by Crippen LogP contribution is -2.30. The van der Waals surface area contributed by atoms with Crippen molar-refractivity contribution in [2.75, 3.05) is 24.2 Å². The third kappa shape index (κ3) is 6.44. The summed E-state index contributed by atoms with van der Waals surface area (Å²) in [6.07, 6.45) is 3.38. The van der Waals surface area contributed by atoms with Crippen LogP contribution in [0.2, 0.25) is 5.02 Å². The Morgan fingerprint density at radius 3 is 2.72 bits per heavy atom. The van der Waals surface area contributed by atoms with Crippen LogP contribution in [0.15, 0.2) is 52.4 Å². The van der Waals surface area contributed by atoms with Crippen LogP contribution in [0.4, 0.5) is 11.4 Å². The van der Waals surface area contributed by atoms with Gasteiger partial charge in [-0.1, -0.05) is 24.1 Å². The van der Waals surface area contributed by atoms with E-state index >= 15 is 0 Å². The Labute approximate surface area is 191 Å². The second-order valence-electron chi connectivity index (χ2n) is 7.13. The predicted molar refractivity (Wildman–Crippen MR) is 122 cm³/mol. The molecule has 9 nitrogen and oxygen atoms in total. The summed E-state index contributed by atoms with van der Waals surface area (Å²) in [5.74, 6) is -0.981. The third-order valence-corrected chi connectivity index (χ3v) is 6.24. The number of nitrogen functional groups attached to an aromatic ring is 1. The molecule has 3 rings (SSSR count). The van der Waals surface area contributed by atoms with Gasteiger partial charge in [0.1, 0.15) is 5.84 Å². The summed E-state index contributed by atoms with van der Waals surface area (Å²) in [5, 5.41) is 2.88. The van der Waals surface area contributed by atoms with Crippen LogP contribution in [0.25, 0.3) is 0 Å². The maximum Gasteiger partial charge on any atom is 0.340 e. The fourth-order valence-corrected chi connectivity index (χ4v) is 4.35. The first-order valence-electron chi connectivity index (χ1n) is 9.93. The van der Waals surface area contributed by atoms with E-state index in [4.69, 9.17) is 22.1 Å². The minimum Gasteiger partial charge on any atom is -0.452 e. The first-order chi connectivity index (χ1) is 15.2. The molecule has 2 aromatic rings. The summed E-state index contributed by atoms with van der Waals surface area (Å²) in [4.78, 5) is 28.5. The molecular formula is C21H23ClN4O5S. The van der Waals surface area contributed by atoms with E-state index in [1.54, 1.807) is 0 Å². The van der Waals surface area contributed by atoms with Gasteiger partial charge in [-0.15, -0.1) is 0 Å². The number of sulfonamides is 1. The van der Waals surface area contributed by atoms with Gasteiger partial charge in [0.2, 0.25) is 0 Å². The van der Waals surface area contributed by atoms with E-state index in [2.05, 4.69) is 15.0 Å². The molecule has 0 bridgehead atoms. The molecular weight excluding hydrogens is 456 g/mol. The average Bonchev–Trinajstić information content (AvgIpc) is 3.00. The molecule has 1 aliphatic rings. The molecule has 170 valence electrons. The van der Waals surface area contributed by atoms with E-state index in [9.17, 15) is 18.0 Å². The van der Waals surface area contributed by atoms with Crippen LogP contribution in [0.3, 0.4) is 0 Å². The summed E-state index contributed by atoms with van der Waals surface area (Å²) in [6, 6.07) is 10.0. The molecule has 2 aromatic carbocycles. The van der Waals surface area contributed by atoms with Crippen LogP contribution in [0.1, 0.15) is 36.0 Å². The Balaban J connectivity index is 1.60. The maximum atomic E-state index is 12.7. The minimum atomic E-state index is -3.85. The van der Waals surface area contributed by atoms with Gasteiger partial charge in [0.25, 0.3) is 15.9 Å². The second kappa shape index (κ2) is 10.5. The number of benzene rings is 2. The number of carbonyl (C=O) groups excluding carboxylic acids is 2. The van der Waals surface area contributed by atoms with E-state index in [-0.39, 0.29) is 21.8 Å². The van der Waals surface area contributed by atoms with Crippen LogP contribution in [-0.2, 0) is 19.6 Å². The van der Waals surface area contributed by atoms with Gasteiger partial charge >= 0.3 is 5.97 Å². The van der Waals surface area contributed by atoms with Crippen molar-refractivity contribution in [3.8, 4) is 0 Å². The first-order valence-corrected chi connectivity index (χ1v) is 11.8. The highest BCUT2D eigenvalue weighted by Crippen LogP contribution is 2.19. The number of carbonyl (C=O) groups is 2. The van der Waals surface area contributed by atoms with Crippen molar-refractivity contribution in [3.05, 3.63) is 53.1 Å².